The second-order valence-corrected chi connectivity index (χ2v) is 4.27. The van der Waals surface area contributed by atoms with Gasteiger partial charge in [-0.15, -0.1) is 0 Å². The average Bonchev–Trinajstić information content (AvgIpc) is 2.65. The first kappa shape index (κ1) is 20.2. The molecule has 0 aliphatic carbocycles. The molecule has 0 bridgehead atoms. The van der Waals surface area contributed by atoms with Gasteiger partial charge >= 0.3 is 0 Å². The lowest BCUT2D eigenvalue weighted by Gasteiger charge is -2.20. The van der Waals surface area contributed by atoms with Crippen LogP contribution in [0, 0.1) is 0 Å². The van der Waals surface area contributed by atoms with Crippen LogP contribution in [0.15, 0.2) is 29.1 Å². The van der Waals surface area contributed by atoms with Crippen LogP contribution in [0.25, 0.3) is 10.9 Å². The van der Waals surface area contributed by atoms with E-state index in [1.54, 1.807) is 4.57 Å². The van der Waals surface area contributed by atoms with Crippen molar-refractivity contribution >= 4 is 16.6 Å². The predicted molar refractivity (Wildman–Crippen MR) is 100 cm³/mol. The number of anilines is 1. The first-order chi connectivity index (χ1) is 10.8. The SMILES string of the molecule is CC.CC.CC.Cn1c(=O)c2c(c3ccccc31)NCCC2. The summed E-state index contributed by atoms with van der Waals surface area (Å²) in [5.74, 6) is 0. The fraction of sp³-hybridized carbons (Fsp3) is 0.526. The van der Waals surface area contributed by atoms with Crippen LogP contribution in [0.1, 0.15) is 53.5 Å². The molecule has 3 heteroatoms. The first-order valence-electron chi connectivity index (χ1n) is 8.63. The van der Waals surface area contributed by atoms with E-state index in [-0.39, 0.29) is 5.56 Å². The van der Waals surface area contributed by atoms with Gasteiger partial charge in [0.05, 0.1) is 11.2 Å². The van der Waals surface area contributed by atoms with Gasteiger partial charge in [0, 0.05) is 24.5 Å². The minimum atomic E-state index is 0.140. The van der Waals surface area contributed by atoms with Gasteiger partial charge in [0.25, 0.3) is 5.56 Å². The van der Waals surface area contributed by atoms with E-state index in [4.69, 9.17) is 0 Å². The number of aryl methyl sites for hydroxylation is 1. The highest BCUT2D eigenvalue weighted by Crippen LogP contribution is 2.27. The number of aromatic nitrogens is 1. The van der Waals surface area contributed by atoms with Crippen molar-refractivity contribution in [3.05, 3.63) is 40.2 Å². The topological polar surface area (TPSA) is 34.0 Å². The Hall–Kier alpha value is -1.77. The maximum Gasteiger partial charge on any atom is 0.256 e. The summed E-state index contributed by atoms with van der Waals surface area (Å²) in [7, 11) is 1.85. The number of pyridine rings is 1. The van der Waals surface area contributed by atoms with Gasteiger partial charge in [-0.2, -0.15) is 0 Å². The van der Waals surface area contributed by atoms with Gasteiger partial charge in [0.1, 0.15) is 0 Å². The minimum Gasteiger partial charge on any atom is -0.384 e. The molecule has 0 atom stereocenters. The Labute approximate surface area is 135 Å². The van der Waals surface area contributed by atoms with Gasteiger partial charge in [0.2, 0.25) is 0 Å². The zero-order chi connectivity index (χ0) is 17.1. The molecule has 0 unspecified atom stereocenters. The lowest BCUT2D eigenvalue weighted by Crippen LogP contribution is -2.27. The van der Waals surface area contributed by atoms with E-state index < -0.39 is 0 Å². The van der Waals surface area contributed by atoms with Gasteiger partial charge in [-0.3, -0.25) is 4.79 Å². The maximum atomic E-state index is 12.2. The average molecular weight is 304 g/mol. The smallest absolute Gasteiger partial charge is 0.256 e. The molecule has 1 aliphatic rings. The summed E-state index contributed by atoms with van der Waals surface area (Å²) >= 11 is 0. The quantitative estimate of drug-likeness (QED) is 0.745. The lowest BCUT2D eigenvalue weighted by atomic mass is 10.0. The largest absolute Gasteiger partial charge is 0.384 e. The van der Waals surface area contributed by atoms with E-state index in [1.807, 2.05) is 66.8 Å². The van der Waals surface area contributed by atoms with Crippen LogP contribution in [0.2, 0.25) is 0 Å². The van der Waals surface area contributed by atoms with Gasteiger partial charge in [-0.05, 0) is 18.9 Å². The Morgan fingerprint density at radius 1 is 1.00 bits per heavy atom. The molecular formula is C19H32N2O. The van der Waals surface area contributed by atoms with Crippen LogP contribution in [-0.2, 0) is 13.5 Å². The van der Waals surface area contributed by atoms with Gasteiger partial charge in [0.15, 0.2) is 0 Å². The molecule has 0 radical (unpaired) electrons. The van der Waals surface area contributed by atoms with Crippen molar-refractivity contribution in [1.82, 2.24) is 4.57 Å². The molecule has 0 saturated heterocycles. The summed E-state index contributed by atoms with van der Waals surface area (Å²) in [6.07, 6.45) is 1.93. The van der Waals surface area contributed by atoms with Crippen molar-refractivity contribution in [2.45, 2.75) is 54.4 Å². The van der Waals surface area contributed by atoms with Gasteiger partial charge in [-0.25, -0.2) is 0 Å². The first-order valence-corrected chi connectivity index (χ1v) is 8.63. The number of para-hydroxylation sites is 1. The molecular weight excluding hydrogens is 272 g/mol. The van der Waals surface area contributed by atoms with Gasteiger partial charge in [-0.1, -0.05) is 59.7 Å². The number of fused-ring (bicyclic) bond motifs is 3. The summed E-state index contributed by atoms with van der Waals surface area (Å²) < 4.78 is 1.75. The molecule has 1 N–H and O–H groups in total. The Balaban J connectivity index is 0.000000661. The van der Waals surface area contributed by atoms with Crippen molar-refractivity contribution < 1.29 is 0 Å². The molecule has 0 spiro atoms. The summed E-state index contributed by atoms with van der Waals surface area (Å²) in [4.78, 5) is 12.2. The number of hydrogen-bond acceptors (Lipinski definition) is 2. The standard InChI is InChI=1S/C13H14N2O.3C2H6/c1-15-11-7-3-2-5-9(11)12-10(13(15)16)6-4-8-14-12;3*1-2/h2-3,5,7,14H,4,6,8H2,1H3;3*1-2H3. The van der Waals surface area contributed by atoms with E-state index in [2.05, 4.69) is 11.4 Å². The van der Waals surface area contributed by atoms with E-state index in [0.29, 0.717) is 0 Å². The number of nitrogens with zero attached hydrogens (tertiary/aromatic N) is 1. The highest BCUT2D eigenvalue weighted by atomic mass is 16.1. The van der Waals surface area contributed by atoms with Crippen molar-refractivity contribution in [2.75, 3.05) is 11.9 Å². The second-order valence-electron chi connectivity index (χ2n) is 4.27. The number of nitrogens with one attached hydrogen (secondary N) is 1. The second kappa shape index (κ2) is 10.9. The summed E-state index contributed by atoms with van der Waals surface area (Å²) in [6.45, 7) is 13.0. The van der Waals surface area contributed by atoms with E-state index in [9.17, 15) is 4.79 Å². The minimum absolute atomic E-state index is 0.140. The number of rotatable bonds is 0. The van der Waals surface area contributed by atoms with E-state index in [1.165, 1.54) is 0 Å². The Morgan fingerprint density at radius 3 is 2.23 bits per heavy atom. The highest BCUT2D eigenvalue weighted by Gasteiger charge is 2.17. The molecule has 1 aromatic heterocycles. The lowest BCUT2D eigenvalue weighted by molar-refractivity contribution is 0.790. The van der Waals surface area contributed by atoms with E-state index >= 15 is 0 Å². The van der Waals surface area contributed by atoms with Crippen LogP contribution < -0.4 is 10.9 Å². The third-order valence-corrected chi connectivity index (χ3v) is 3.30. The summed E-state index contributed by atoms with van der Waals surface area (Å²) in [6, 6.07) is 8.06. The zero-order valence-corrected chi connectivity index (χ0v) is 15.3. The Bertz CT molecular complexity index is 615. The molecule has 3 nitrogen and oxygen atoms in total. The molecule has 1 aromatic carbocycles. The van der Waals surface area contributed by atoms with Crippen molar-refractivity contribution in [1.29, 1.82) is 0 Å². The third kappa shape index (κ3) is 4.12. The van der Waals surface area contributed by atoms with Crippen molar-refractivity contribution in [2.24, 2.45) is 7.05 Å². The van der Waals surface area contributed by atoms with Crippen molar-refractivity contribution in [3.63, 3.8) is 0 Å². The van der Waals surface area contributed by atoms with Gasteiger partial charge < -0.3 is 9.88 Å². The Morgan fingerprint density at radius 2 is 1.59 bits per heavy atom. The van der Waals surface area contributed by atoms with Crippen LogP contribution >= 0.6 is 0 Å². The molecule has 0 saturated carbocycles. The number of benzene rings is 1. The predicted octanol–water partition coefficient (Wildman–Crippen LogP) is 4.98. The molecule has 22 heavy (non-hydrogen) atoms. The molecule has 3 rings (SSSR count). The highest BCUT2D eigenvalue weighted by molar-refractivity contribution is 5.93. The van der Waals surface area contributed by atoms with Crippen LogP contribution in [0.3, 0.4) is 0 Å². The van der Waals surface area contributed by atoms with Crippen LogP contribution in [0.4, 0.5) is 5.69 Å². The molecule has 2 aromatic rings. The molecule has 2 heterocycles. The van der Waals surface area contributed by atoms with Crippen LogP contribution in [-0.4, -0.2) is 11.1 Å². The summed E-state index contributed by atoms with van der Waals surface area (Å²) in [5.41, 5.74) is 3.12. The third-order valence-electron chi connectivity index (χ3n) is 3.30. The molecule has 0 fully saturated rings. The zero-order valence-electron chi connectivity index (χ0n) is 15.3. The molecule has 1 aliphatic heterocycles. The fourth-order valence-corrected chi connectivity index (χ4v) is 2.47. The van der Waals surface area contributed by atoms with Crippen LogP contribution in [0.5, 0.6) is 0 Å². The fourth-order valence-electron chi connectivity index (χ4n) is 2.47. The Kier molecular flexibility index (Phi) is 10.0. The molecule has 0 amide bonds. The normalized spacial score (nSPS) is 11.4. The summed E-state index contributed by atoms with van der Waals surface area (Å²) in [5, 5.41) is 4.51. The van der Waals surface area contributed by atoms with E-state index in [0.717, 1.165) is 41.5 Å². The number of hydrogen-bond donors (Lipinski definition) is 1. The maximum absolute atomic E-state index is 12.2. The monoisotopic (exact) mass is 304 g/mol. The van der Waals surface area contributed by atoms with Crippen molar-refractivity contribution in [3.8, 4) is 0 Å². The molecule has 124 valence electrons.